The molecule has 224 valence electrons. The Morgan fingerprint density at radius 1 is 1.05 bits per heavy atom. The van der Waals surface area contributed by atoms with Gasteiger partial charge >= 0.3 is 0 Å². The first-order valence-corrected chi connectivity index (χ1v) is 15.2. The number of aromatic nitrogens is 3. The largest absolute Gasteiger partial charge is 0.492 e. The molecule has 2 aromatic heterocycles. The maximum Gasteiger partial charge on any atom is 0.220 e. The predicted octanol–water partition coefficient (Wildman–Crippen LogP) is 5.11. The zero-order valence-corrected chi connectivity index (χ0v) is 25.2. The van der Waals surface area contributed by atoms with Crippen molar-refractivity contribution in [3.8, 4) is 16.9 Å². The fourth-order valence-electron chi connectivity index (χ4n) is 5.53. The Labute approximate surface area is 248 Å². The van der Waals surface area contributed by atoms with Crippen molar-refractivity contribution < 1.29 is 18.8 Å². The molecule has 1 amide bonds. The van der Waals surface area contributed by atoms with Crippen LogP contribution in [-0.2, 0) is 28.9 Å². The molecule has 42 heavy (non-hydrogen) atoms. The fraction of sp³-hybridized carbons (Fsp3) is 0.485. The van der Waals surface area contributed by atoms with Crippen LogP contribution < -0.4 is 10.1 Å². The van der Waals surface area contributed by atoms with Crippen LogP contribution in [0, 0.1) is 13.8 Å². The second-order valence-electron chi connectivity index (χ2n) is 11.0. The molecule has 1 aliphatic heterocycles. The SMILES string of the molecule is CCCCC(=O)NCCOc1ccc(CCc2nc3cc(-c4c(C)noc4C)ccc3n2CCN2CCOCC2)cc1. The molecule has 0 atom stereocenters. The van der Waals surface area contributed by atoms with E-state index in [-0.39, 0.29) is 5.91 Å². The van der Waals surface area contributed by atoms with Gasteiger partial charge in [0.1, 0.15) is 23.9 Å². The quantitative estimate of drug-likeness (QED) is 0.210. The molecule has 0 spiro atoms. The van der Waals surface area contributed by atoms with Crippen molar-refractivity contribution in [2.75, 3.05) is 46.0 Å². The molecular formula is C33H43N5O4. The molecule has 4 aromatic rings. The zero-order chi connectivity index (χ0) is 29.3. The van der Waals surface area contributed by atoms with Gasteiger partial charge in [-0.2, -0.15) is 0 Å². The summed E-state index contributed by atoms with van der Waals surface area (Å²) in [6.45, 7) is 12.4. The van der Waals surface area contributed by atoms with Crippen LogP contribution in [0.1, 0.15) is 49.0 Å². The van der Waals surface area contributed by atoms with Gasteiger partial charge in [-0.05, 0) is 62.1 Å². The lowest BCUT2D eigenvalue weighted by molar-refractivity contribution is -0.121. The van der Waals surface area contributed by atoms with Gasteiger partial charge in [0.25, 0.3) is 0 Å². The van der Waals surface area contributed by atoms with Crippen LogP contribution in [0.4, 0.5) is 0 Å². The normalized spacial score (nSPS) is 14.0. The lowest BCUT2D eigenvalue weighted by atomic mass is 10.0. The van der Waals surface area contributed by atoms with E-state index in [0.29, 0.717) is 19.6 Å². The average Bonchev–Trinajstić information content (AvgIpc) is 3.54. The third-order valence-corrected chi connectivity index (χ3v) is 7.90. The minimum atomic E-state index is 0.0895. The molecule has 1 aliphatic rings. The Balaban J connectivity index is 1.25. The zero-order valence-electron chi connectivity index (χ0n) is 25.2. The summed E-state index contributed by atoms with van der Waals surface area (Å²) in [6, 6.07) is 14.7. The molecule has 0 saturated carbocycles. The highest BCUT2D eigenvalue weighted by Gasteiger charge is 2.17. The molecule has 9 heteroatoms. The fourth-order valence-corrected chi connectivity index (χ4v) is 5.53. The summed E-state index contributed by atoms with van der Waals surface area (Å²) in [4.78, 5) is 19.4. The molecule has 9 nitrogen and oxygen atoms in total. The Bertz CT molecular complexity index is 1430. The molecule has 0 unspecified atom stereocenters. The lowest BCUT2D eigenvalue weighted by Crippen LogP contribution is -2.38. The van der Waals surface area contributed by atoms with E-state index in [0.717, 1.165) is 110 Å². The summed E-state index contributed by atoms with van der Waals surface area (Å²) >= 11 is 0. The predicted molar refractivity (Wildman–Crippen MR) is 164 cm³/mol. The number of rotatable bonds is 14. The number of fused-ring (bicyclic) bond motifs is 1. The topological polar surface area (TPSA) is 94.7 Å². The minimum Gasteiger partial charge on any atom is -0.492 e. The highest BCUT2D eigenvalue weighted by Crippen LogP contribution is 2.30. The average molecular weight is 574 g/mol. The van der Waals surface area contributed by atoms with Crippen LogP contribution in [0.3, 0.4) is 0 Å². The number of hydrogen-bond acceptors (Lipinski definition) is 7. The van der Waals surface area contributed by atoms with Gasteiger partial charge in [-0.15, -0.1) is 0 Å². The number of imidazole rings is 1. The molecule has 1 saturated heterocycles. The van der Waals surface area contributed by atoms with Gasteiger partial charge in [0.15, 0.2) is 0 Å². The second-order valence-corrected chi connectivity index (χ2v) is 11.0. The van der Waals surface area contributed by atoms with E-state index in [4.69, 9.17) is 19.0 Å². The van der Waals surface area contributed by atoms with Crippen LogP contribution >= 0.6 is 0 Å². The standard InChI is InChI=1S/C33H43N5O4/c1-4-5-6-32(39)34-15-20-41-28-11-7-26(8-12-28)9-14-31-35-29-23-27(33-24(2)36-42-25(33)3)10-13-30(29)38(31)17-16-37-18-21-40-22-19-37/h7-8,10-13,23H,4-6,9,14-22H2,1-3H3,(H,34,39). The number of morpholine rings is 1. The Kier molecular flexibility index (Phi) is 10.3. The number of hydrogen-bond donors (Lipinski definition) is 1. The van der Waals surface area contributed by atoms with Gasteiger partial charge in [-0.3, -0.25) is 9.69 Å². The maximum atomic E-state index is 11.8. The van der Waals surface area contributed by atoms with Gasteiger partial charge in [0.05, 0.1) is 36.5 Å². The van der Waals surface area contributed by atoms with E-state index < -0.39 is 0 Å². The lowest BCUT2D eigenvalue weighted by Gasteiger charge is -2.27. The van der Waals surface area contributed by atoms with Gasteiger partial charge in [-0.25, -0.2) is 4.98 Å². The summed E-state index contributed by atoms with van der Waals surface area (Å²) in [7, 11) is 0. The first-order chi connectivity index (χ1) is 20.5. The number of unbranched alkanes of at least 4 members (excludes halogenated alkanes) is 1. The van der Waals surface area contributed by atoms with Gasteiger partial charge in [-0.1, -0.05) is 36.7 Å². The number of aryl methyl sites for hydroxylation is 4. The smallest absolute Gasteiger partial charge is 0.220 e. The summed E-state index contributed by atoms with van der Waals surface area (Å²) in [5.41, 5.74) is 6.40. The molecule has 1 N–H and O–H groups in total. The van der Waals surface area contributed by atoms with E-state index in [1.54, 1.807) is 0 Å². The minimum absolute atomic E-state index is 0.0895. The first-order valence-electron chi connectivity index (χ1n) is 15.2. The molecule has 2 aromatic carbocycles. The van der Waals surface area contributed by atoms with E-state index >= 15 is 0 Å². The van der Waals surface area contributed by atoms with E-state index in [9.17, 15) is 4.79 Å². The van der Waals surface area contributed by atoms with Crippen molar-refractivity contribution in [3.63, 3.8) is 0 Å². The number of carbonyl (C=O) groups excluding carboxylic acids is 1. The monoisotopic (exact) mass is 573 g/mol. The Hall–Kier alpha value is -3.69. The van der Waals surface area contributed by atoms with Crippen molar-refractivity contribution in [1.29, 1.82) is 0 Å². The van der Waals surface area contributed by atoms with Crippen molar-refractivity contribution >= 4 is 16.9 Å². The summed E-state index contributed by atoms with van der Waals surface area (Å²) < 4.78 is 19.2. The third-order valence-electron chi connectivity index (χ3n) is 7.90. The summed E-state index contributed by atoms with van der Waals surface area (Å²) in [5, 5.41) is 7.05. The van der Waals surface area contributed by atoms with Crippen molar-refractivity contribution in [2.24, 2.45) is 0 Å². The first kappa shape index (κ1) is 29.8. The summed E-state index contributed by atoms with van der Waals surface area (Å²) in [6.07, 6.45) is 4.23. The summed E-state index contributed by atoms with van der Waals surface area (Å²) in [5.74, 6) is 2.81. The number of ether oxygens (including phenoxy) is 2. The van der Waals surface area contributed by atoms with Crippen LogP contribution in [0.25, 0.3) is 22.2 Å². The maximum absolute atomic E-state index is 11.8. The molecular weight excluding hydrogens is 530 g/mol. The molecule has 0 radical (unpaired) electrons. The number of amides is 1. The number of nitrogens with one attached hydrogen (secondary N) is 1. The van der Waals surface area contributed by atoms with Crippen LogP contribution in [0.2, 0.25) is 0 Å². The molecule has 3 heterocycles. The van der Waals surface area contributed by atoms with E-state index in [1.807, 2.05) is 26.0 Å². The molecule has 5 rings (SSSR count). The van der Waals surface area contributed by atoms with Crippen LogP contribution in [0.15, 0.2) is 47.0 Å². The second kappa shape index (κ2) is 14.5. The third kappa shape index (κ3) is 7.57. The molecule has 0 aliphatic carbocycles. The van der Waals surface area contributed by atoms with Crippen molar-refractivity contribution in [3.05, 3.63) is 65.3 Å². The number of nitrogens with zero attached hydrogens (tertiary/aromatic N) is 4. The van der Waals surface area contributed by atoms with Gasteiger partial charge < -0.3 is 23.9 Å². The number of carbonyl (C=O) groups is 1. The highest BCUT2D eigenvalue weighted by molar-refractivity contribution is 5.83. The van der Waals surface area contributed by atoms with Gasteiger partial charge in [0, 0.05) is 44.6 Å². The molecule has 0 bridgehead atoms. The van der Waals surface area contributed by atoms with Crippen LogP contribution in [-0.4, -0.2) is 71.5 Å². The van der Waals surface area contributed by atoms with Gasteiger partial charge in [0.2, 0.25) is 5.91 Å². The van der Waals surface area contributed by atoms with Crippen LogP contribution in [0.5, 0.6) is 5.75 Å². The van der Waals surface area contributed by atoms with Crippen molar-refractivity contribution in [2.45, 2.75) is 59.4 Å². The van der Waals surface area contributed by atoms with E-state index in [2.05, 4.69) is 57.2 Å². The van der Waals surface area contributed by atoms with Crippen molar-refractivity contribution in [1.82, 2.24) is 24.9 Å². The Morgan fingerprint density at radius 3 is 2.60 bits per heavy atom. The van der Waals surface area contributed by atoms with E-state index in [1.165, 1.54) is 5.56 Å². The highest BCUT2D eigenvalue weighted by atomic mass is 16.5. The number of benzene rings is 2. The molecule has 1 fully saturated rings. The Morgan fingerprint density at radius 2 is 1.86 bits per heavy atom.